The average Bonchev–Trinajstić information content (AvgIpc) is 2.35. The van der Waals surface area contributed by atoms with E-state index in [0.717, 1.165) is 18.8 Å². The van der Waals surface area contributed by atoms with Crippen molar-refractivity contribution in [1.29, 1.82) is 0 Å². The van der Waals surface area contributed by atoms with Crippen molar-refractivity contribution in [2.75, 3.05) is 18.4 Å². The molecule has 1 atom stereocenters. The summed E-state index contributed by atoms with van der Waals surface area (Å²) in [6.45, 7) is 9.58. The van der Waals surface area contributed by atoms with Crippen LogP contribution in [0.2, 0.25) is 0 Å². The third-order valence-electron chi connectivity index (χ3n) is 3.84. The average molecular weight is 340 g/mol. The van der Waals surface area contributed by atoms with Crippen molar-refractivity contribution in [1.82, 2.24) is 10.6 Å². The number of rotatable bonds is 4. The first-order chi connectivity index (χ1) is 10.3. The van der Waals surface area contributed by atoms with Gasteiger partial charge in [-0.15, -0.1) is 12.4 Å². The van der Waals surface area contributed by atoms with E-state index in [-0.39, 0.29) is 35.7 Å². The smallest absolute Gasteiger partial charge is 0.251 e. The van der Waals surface area contributed by atoms with Crippen LogP contribution in [0.25, 0.3) is 0 Å². The van der Waals surface area contributed by atoms with Gasteiger partial charge in [0.25, 0.3) is 5.91 Å². The molecule has 1 aliphatic heterocycles. The quantitative estimate of drug-likeness (QED) is 0.789. The summed E-state index contributed by atoms with van der Waals surface area (Å²) in [5.74, 6) is 0.319. The normalized spacial score (nSPS) is 15.8. The fraction of sp³-hybridized carbons (Fsp3) is 0.529. The van der Waals surface area contributed by atoms with Gasteiger partial charge in [0.05, 0.1) is 0 Å². The van der Waals surface area contributed by atoms with Crippen LogP contribution in [-0.2, 0) is 4.79 Å². The van der Waals surface area contributed by atoms with Gasteiger partial charge < -0.3 is 16.0 Å². The number of hydrogen-bond acceptors (Lipinski definition) is 3. The minimum absolute atomic E-state index is 0. The summed E-state index contributed by atoms with van der Waals surface area (Å²) in [5, 5.41) is 8.99. The van der Waals surface area contributed by atoms with Crippen molar-refractivity contribution in [3.63, 3.8) is 0 Å². The Morgan fingerprint density at radius 2 is 1.74 bits per heavy atom. The lowest BCUT2D eigenvalue weighted by Crippen LogP contribution is -2.48. The molecule has 3 N–H and O–H groups in total. The highest BCUT2D eigenvalue weighted by molar-refractivity contribution is 5.96. The van der Waals surface area contributed by atoms with Crippen LogP contribution in [0.4, 0.5) is 5.69 Å². The summed E-state index contributed by atoms with van der Waals surface area (Å²) < 4.78 is 0. The van der Waals surface area contributed by atoms with Gasteiger partial charge in [-0.25, -0.2) is 0 Å². The van der Waals surface area contributed by atoms with E-state index in [0.29, 0.717) is 11.5 Å². The zero-order chi connectivity index (χ0) is 16.3. The predicted octanol–water partition coefficient (Wildman–Crippen LogP) is 2.43. The van der Waals surface area contributed by atoms with E-state index in [1.54, 1.807) is 24.3 Å². The van der Waals surface area contributed by atoms with Crippen LogP contribution in [0, 0.1) is 11.8 Å². The zero-order valence-electron chi connectivity index (χ0n) is 14.1. The van der Waals surface area contributed by atoms with Crippen LogP contribution >= 0.6 is 12.4 Å². The molecule has 0 spiro atoms. The number of carbonyl (C=O) groups is 2. The molecule has 1 heterocycles. The predicted molar refractivity (Wildman–Crippen MR) is 95.1 cm³/mol. The molecule has 1 aliphatic rings. The van der Waals surface area contributed by atoms with E-state index in [1.807, 2.05) is 27.7 Å². The van der Waals surface area contributed by atoms with Gasteiger partial charge >= 0.3 is 0 Å². The third-order valence-corrected chi connectivity index (χ3v) is 3.84. The van der Waals surface area contributed by atoms with E-state index < -0.39 is 0 Å². The van der Waals surface area contributed by atoms with Gasteiger partial charge in [0, 0.05) is 22.7 Å². The van der Waals surface area contributed by atoms with Gasteiger partial charge in [-0.05, 0) is 64.0 Å². The lowest BCUT2D eigenvalue weighted by molar-refractivity contribution is -0.121. The summed E-state index contributed by atoms with van der Waals surface area (Å²) in [5.41, 5.74) is 1.04. The fourth-order valence-electron chi connectivity index (χ4n) is 2.25. The summed E-state index contributed by atoms with van der Waals surface area (Å²) >= 11 is 0. The number of nitrogens with one attached hydrogen (secondary N) is 3. The van der Waals surface area contributed by atoms with Crippen molar-refractivity contribution in [2.24, 2.45) is 11.8 Å². The molecule has 0 bridgehead atoms. The Morgan fingerprint density at radius 1 is 1.17 bits per heavy atom. The van der Waals surface area contributed by atoms with Crippen molar-refractivity contribution in [3.8, 4) is 0 Å². The Kier molecular flexibility index (Phi) is 6.59. The molecule has 0 radical (unpaired) electrons. The molecule has 1 aromatic rings. The minimum Gasteiger partial charge on any atom is -0.347 e. The standard InChI is InChI=1S/C17H25N3O2.ClH/c1-11(13-9-18-10-13)15(21)19-14-7-5-12(6-8-14)16(22)20-17(2,3)4;/h5-8,11,13,18H,9-10H2,1-4H3,(H,19,21)(H,20,22);1H. The number of halogens is 1. The maximum absolute atomic E-state index is 12.1. The second-order valence-electron chi connectivity index (χ2n) is 6.98. The molecule has 0 saturated carbocycles. The van der Waals surface area contributed by atoms with E-state index >= 15 is 0 Å². The van der Waals surface area contributed by atoms with E-state index in [4.69, 9.17) is 0 Å². The highest BCUT2D eigenvalue weighted by Gasteiger charge is 2.28. The molecule has 1 unspecified atom stereocenters. The molecule has 128 valence electrons. The maximum Gasteiger partial charge on any atom is 0.251 e. The Labute approximate surface area is 144 Å². The van der Waals surface area contributed by atoms with Crippen LogP contribution in [0.1, 0.15) is 38.1 Å². The number of benzene rings is 1. The molecular weight excluding hydrogens is 314 g/mol. The van der Waals surface area contributed by atoms with E-state index in [2.05, 4.69) is 16.0 Å². The van der Waals surface area contributed by atoms with Gasteiger partial charge in [-0.3, -0.25) is 9.59 Å². The minimum atomic E-state index is -0.268. The van der Waals surface area contributed by atoms with Crippen LogP contribution in [-0.4, -0.2) is 30.4 Å². The first-order valence-electron chi connectivity index (χ1n) is 7.70. The van der Waals surface area contributed by atoms with Gasteiger partial charge in [0.15, 0.2) is 0 Å². The fourth-order valence-corrected chi connectivity index (χ4v) is 2.25. The highest BCUT2D eigenvalue weighted by Crippen LogP contribution is 2.18. The molecule has 1 aromatic carbocycles. The number of carbonyl (C=O) groups excluding carboxylic acids is 2. The van der Waals surface area contributed by atoms with Crippen LogP contribution in [0.15, 0.2) is 24.3 Å². The molecule has 0 aromatic heterocycles. The molecule has 2 rings (SSSR count). The molecule has 5 nitrogen and oxygen atoms in total. The van der Waals surface area contributed by atoms with Gasteiger partial charge in [0.1, 0.15) is 0 Å². The molecular formula is C17H26ClN3O2. The Balaban J connectivity index is 0.00000264. The lowest BCUT2D eigenvalue weighted by Gasteiger charge is -2.31. The van der Waals surface area contributed by atoms with Gasteiger partial charge in [-0.1, -0.05) is 6.92 Å². The number of hydrogen-bond donors (Lipinski definition) is 3. The zero-order valence-corrected chi connectivity index (χ0v) is 14.9. The van der Waals surface area contributed by atoms with Crippen molar-refractivity contribution in [2.45, 2.75) is 33.2 Å². The second kappa shape index (κ2) is 7.79. The van der Waals surface area contributed by atoms with Crippen LogP contribution in [0.5, 0.6) is 0 Å². The SMILES string of the molecule is CC(C(=O)Nc1ccc(C(=O)NC(C)(C)C)cc1)C1CNC1.Cl. The van der Waals surface area contributed by atoms with Crippen molar-refractivity contribution in [3.05, 3.63) is 29.8 Å². The maximum atomic E-state index is 12.1. The Hall–Kier alpha value is -1.59. The first kappa shape index (κ1) is 19.5. The van der Waals surface area contributed by atoms with E-state index in [9.17, 15) is 9.59 Å². The number of anilines is 1. The molecule has 23 heavy (non-hydrogen) atoms. The summed E-state index contributed by atoms with van der Waals surface area (Å²) in [6.07, 6.45) is 0. The van der Waals surface area contributed by atoms with Crippen LogP contribution in [0.3, 0.4) is 0 Å². The van der Waals surface area contributed by atoms with Crippen LogP contribution < -0.4 is 16.0 Å². The summed E-state index contributed by atoms with van der Waals surface area (Å²) in [6, 6.07) is 6.99. The van der Waals surface area contributed by atoms with Crippen molar-refractivity contribution < 1.29 is 9.59 Å². The molecule has 1 saturated heterocycles. The van der Waals surface area contributed by atoms with Gasteiger partial charge in [-0.2, -0.15) is 0 Å². The third kappa shape index (κ3) is 5.52. The Morgan fingerprint density at radius 3 is 2.17 bits per heavy atom. The molecule has 2 amide bonds. The summed E-state index contributed by atoms with van der Waals surface area (Å²) in [7, 11) is 0. The van der Waals surface area contributed by atoms with Gasteiger partial charge in [0.2, 0.25) is 5.91 Å². The first-order valence-corrected chi connectivity index (χ1v) is 7.70. The Bertz CT molecular complexity index is 548. The summed E-state index contributed by atoms with van der Waals surface area (Å²) in [4.78, 5) is 24.2. The molecule has 1 fully saturated rings. The lowest BCUT2D eigenvalue weighted by atomic mass is 9.88. The van der Waals surface area contributed by atoms with Crippen molar-refractivity contribution >= 4 is 29.9 Å². The monoisotopic (exact) mass is 339 g/mol. The van der Waals surface area contributed by atoms with E-state index in [1.165, 1.54) is 0 Å². The topological polar surface area (TPSA) is 70.2 Å². The second-order valence-corrected chi connectivity index (χ2v) is 6.98. The molecule has 6 heteroatoms. The molecule has 0 aliphatic carbocycles. The highest BCUT2D eigenvalue weighted by atomic mass is 35.5. The largest absolute Gasteiger partial charge is 0.347 e. The number of amides is 2.